The monoisotopic (exact) mass is 280 g/mol. The van der Waals surface area contributed by atoms with Crippen molar-refractivity contribution in [2.45, 2.75) is 13.3 Å². The average Bonchev–Trinajstić information content (AvgIpc) is 2.89. The van der Waals surface area contributed by atoms with Crippen LogP contribution in [-0.4, -0.2) is 55.2 Å². The van der Waals surface area contributed by atoms with Crippen LogP contribution in [0.1, 0.15) is 13.3 Å². The van der Waals surface area contributed by atoms with Crippen LogP contribution < -0.4 is 20.3 Å². The van der Waals surface area contributed by atoms with Crippen LogP contribution in [-0.2, 0) is 4.79 Å². The Balaban J connectivity index is 2.23. The van der Waals surface area contributed by atoms with Gasteiger partial charge in [-0.3, -0.25) is 4.79 Å². The number of carbonyl (C=O) groups is 1. The number of aromatic nitrogens is 3. The maximum Gasteiger partial charge on any atom is 0.322 e. The van der Waals surface area contributed by atoms with Gasteiger partial charge in [0.25, 0.3) is 0 Å². The first kappa shape index (κ1) is 14.3. The Hall–Kier alpha value is -2.12. The molecule has 1 aliphatic rings. The van der Waals surface area contributed by atoms with Gasteiger partial charge in [-0.05, 0) is 13.3 Å². The van der Waals surface area contributed by atoms with Gasteiger partial charge in [0.15, 0.2) is 0 Å². The van der Waals surface area contributed by atoms with E-state index in [1.54, 1.807) is 14.1 Å². The lowest BCUT2D eigenvalue weighted by Crippen LogP contribution is -2.39. The number of hydrogen-bond donors (Lipinski definition) is 2. The molecule has 1 aromatic rings. The molecule has 1 aromatic heterocycles. The second kappa shape index (κ2) is 5.48. The summed E-state index contributed by atoms with van der Waals surface area (Å²) >= 11 is 0. The van der Waals surface area contributed by atoms with Crippen molar-refractivity contribution < 1.29 is 9.53 Å². The minimum Gasteiger partial charge on any atom is -0.467 e. The Labute approximate surface area is 118 Å². The summed E-state index contributed by atoms with van der Waals surface area (Å²) in [7, 11) is 4.90. The fourth-order valence-electron chi connectivity index (χ4n) is 2.31. The molecular weight excluding hydrogens is 260 g/mol. The molecule has 2 rings (SSSR count). The number of carbonyl (C=O) groups excluding carboxylic acids is 1. The second-order valence-electron chi connectivity index (χ2n) is 5.01. The van der Waals surface area contributed by atoms with Crippen molar-refractivity contribution >= 4 is 17.8 Å². The molecular formula is C12H20N6O2. The Kier molecular flexibility index (Phi) is 3.91. The first-order valence-electron chi connectivity index (χ1n) is 6.47. The number of methoxy groups -OCH3 is 1. The van der Waals surface area contributed by atoms with Crippen molar-refractivity contribution in [3.63, 3.8) is 0 Å². The molecule has 2 heterocycles. The van der Waals surface area contributed by atoms with Crippen LogP contribution in [0.5, 0.6) is 6.01 Å². The minimum absolute atomic E-state index is 0.0369. The minimum atomic E-state index is -0.422. The lowest BCUT2D eigenvalue weighted by molar-refractivity contribution is -0.128. The second-order valence-corrected chi connectivity index (χ2v) is 5.01. The zero-order chi connectivity index (χ0) is 14.8. The summed E-state index contributed by atoms with van der Waals surface area (Å²) in [5.41, 5.74) is -0.422. The predicted octanol–water partition coefficient (Wildman–Crippen LogP) is -0.116. The molecule has 1 saturated heterocycles. The van der Waals surface area contributed by atoms with Gasteiger partial charge in [0.1, 0.15) is 0 Å². The summed E-state index contributed by atoms with van der Waals surface area (Å²) in [5, 5.41) is 5.58. The van der Waals surface area contributed by atoms with Crippen LogP contribution in [0, 0.1) is 5.41 Å². The number of nitrogens with zero attached hydrogens (tertiary/aromatic N) is 4. The fourth-order valence-corrected chi connectivity index (χ4v) is 2.31. The van der Waals surface area contributed by atoms with Gasteiger partial charge in [0.2, 0.25) is 17.8 Å². The third-order valence-electron chi connectivity index (χ3n) is 3.54. The summed E-state index contributed by atoms with van der Waals surface area (Å²) < 4.78 is 5.07. The Morgan fingerprint density at radius 2 is 2.10 bits per heavy atom. The van der Waals surface area contributed by atoms with E-state index in [0.717, 1.165) is 13.0 Å². The normalized spacial score (nSPS) is 21.7. The van der Waals surface area contributed by atoms with E-state index in [-0.39, 0.29) is 11.9 Å². The maximum atomic E-state index is 11.9. The standard InChI is InChI=1S/C12H20N6O2/c1-12(8(19)13-2)5-6-18(7-12)10-15-9(14-3)16-11(17-10)20-4/h5-7H2,1-4H3,(H,13,19)(H,14,15,16,17). The highest BCUT2D eigenvalue weighted by molar-refractivity contribution is 5.83. The molecule has 8 nitrogen and oxygen atoms in total. The SMILES string of the molecule is CNC(=O)C1(C)CCN(c2nc(NC)nc(OC)n2)C1. The molecule has 0 bridgehead atoms. The first-order valence-corrected chi connectivity index (χ1v) is 6.47. The first-order chi connectivity index (χ1) is 9.52. The largest absolute Gasteiger partial charge is 0.467 e. The lowest BCUT2D eigenvalue weighted by Gasteiger charge is -2.22. The quantitative estimate of drug-likeness (QED) is 0.794. The van der Waals surface area contributed by atoms with Crippen LogP contribution in [0.25, 0.3) is 0 Å². The van der Waals surface area contributed by atoms with E-state index in [1.807, 2.05) is 11.8 Å². The number of hydrogen-bond acceptors (Lipinski definition) is 7. The third kappa shape index (κ3) is 2.59. The lowest BCUT2D eigenvalue weighted by atomic mass is 9.89. The molecule has 0 aromatic carbocycles. The van der Waals surface area contributed by atoms with Crippen LogP contribution in [0.4, 0.5) is 11.9 Å². The molecule has 0 spiro atoms. The highest BCUT2D eigenvalue weighted by atomic mass is 16.5. The number of nitrogens with one attached hydrogen (secondary N) is 2. The van der Waals surface area contributed by atoms with E-state index in [0.29, 0.717) is 18.4 Å². The maximum absolute atomic E-state index is 11.9. The molecule has 0 radical (unpaired) electrons. The molecule has 0 aliphatic carbocycles. The predicted molar refractivity (Wildman–Crippen MR) is 74.9 cm³/mol. The Morgan fingerprint density at radius 1 is 1.35 bits per heavy atom. The highest BCUT2D eigenvalue weighted by Gasteiger charge is 2.40. The van der Waals surface area contributed by atoms with E-state index in [9.17, 15) is 4.79 Å². The Bertz CT molecular complexity index is 486. The third-order valence-corrected chi connectivity index (χ3v) is 3.54. The highest BCUT2D eigenvalue weighted by Crippen LogP contribution is 2.32. The number of anilines is 2. The molecule has 2 N–H and O–H groups in total. The van der Waals surface area contributed by atoms with Gasteiger partial charge in [-0.25, -0.2) is 0 Å². The summed E-state index contributed by atoms with van der Waals surface area (Å²) in [6.07, 6.45) is 0.759. The molecule has 8 heteroatoms. The van der Waals surface area contributed by atoms with Gasteiger partial charge in [0.05, 0.1) is 12.5 Å². The van der Waals surface area contributed by atoms with E-state index in [4.69, 9.17) is 4.74 Å². The average molecular weight is 280 g/mol. The zero-order valence-corrected chi connectivity index (χ0v) is 12.2. The zero-order valence-electron chi connectivity index (χ0n) is 12.2. The van der Waals surface area contributed by atoms with Crippen molar-refractivity contribution in [3.05, 3.63) is 0 Å². The molecule has 20 heavy (non-hydrogen) atoms. The topological polar surface area (TPSA) is 92.3 Å². The fraction of sp³-hybridized carbons (Fsp3) is 0.667. The van der Waals surface area contributed by atoms with Crippen LogP contribution in [0.3, 0.4) is 0 Å². The van der Waals surface area contributed by atoms with E-state index in [2.05, 4.69) is 25.6 Å². The van der Waals surface area contributed by atoms with Crippen molar-refractivity contribution in [2.24, 2.45) is 5.41 Å². The van der Waals surface area contributed by atoms with Crippen LogP contribution in [0.15, 0.2) is 0 Å². The summed E-state index contributed by atoms with van der Waals surface area (Å²) in [6, 6.07) is 0.257. The van der Waals surface area contributed by atoms with Gasteiger partial charge in [0, 0.05) is 27.2 Å². The van der Waals surface area contributed by atoms with Crippen molar-refractivity contribution in [2.75, 3.05) is 44.5 Å². The summed E-state index contributed by atoms with van der Waals surface area (Å²) in [5.74, 6) is 1.00. The smallest absolute Gasteiger partial charge is 0.322 e. The number of amides is 1. The molecule has 0 saturated carbocycles. The van der Waals surface area contributed by atoms with E-state index in [1.165, 1.54) is 7.11 Å². The molecule has 1 atom stereocenters. The van der Waals surface area contributed by atoms with Crippen molar-refractivity contribution in [1.82, 2.24) is 20.3 Å². The molecule has 1 fully saturated rings. The van der Waals surface area contributed by atoms with Gasteiger partial charge >= 0.3 is 6.01 Å². The van der Waals surface area contributed by atoms with Gasteiger partial charge in [-0.1, -0.05) is 0 Å². The molecule has 1 unspecified atom stereocenters. The van der Waals surface area contributed by atoms with Crippen LogP contribution in [0.2, 0.25) is 0 Å². The number of rotatable bonds is 4. The van der Waals surface area contributed by atoms with Gasteiger partial charge in [-0.15, -0.1) is 0 Å². The van der Waals surface area contributed by atoms with E-state index < -0.39 is 5.41 Å². The Morgan fingerprint density at radius 3 is 2.70 bits per heavy atom. The van der Waals surface area contributed by atoms with E-state index >= 15 is 0 Å². The molecule has 1 aliphatic heterocycles. The van der Waals surface area contributed by atoms with Crippen molar-refractivity contribution in [1.29, 1.82) is 0 Å². The summed E-state index contributed by atoms with van der Waals surface area (Å²) in [4.78, 5) is 26.5. The molecule has 1 amide bonds. The van der Waals surface area contributed by atoms with Crippen LogP contribution >= 0.6 is 0 Å². The van der Waals surface area contributed by atoms with Gasteiger partial charge in [-0.2, -0.15) is 15.0 Å². The van der Waals surface area contributed by atoms with Crippen molar-refractivity contribution in [3.8, 4) is 6.01 Å². The summed E-state index contributed by atoms with van der Waals surface area (Å²) in [6.45, 7) is 3.24. The number of ether oxygens (including phenoxy) is 1. The molecule has 110 valence electrons. The van der Waals surface area contributed by atoms with Gasteiger partial charge < -0.3 is 20.3 Å².